The van der Waals surface area contributed by atoms with E-state index in [-0.39, 0.29) is 29.8 Å². The monoisotopic (exact) mass is 665 g/mol. The number of hydrogen-bond acceptors (Lipinski definition) is 7. The van der Waals surface area contributed by atoms with E-state index >= 15 is 0 Å². The molecule has 1 saturated carbocycles. The van der Waals surface area contributed by atoms with Crippen LogP contribution in [0.1, 0.15) is 34.3 Å². The Labute approximate surface area is 271 Å². The lowest BCUT2D eigenvalue weighted by Crippen LogP contribution is -2.36. The highest BCUT2D eigenvalue weighted by atomic mass is 28.3. The van der Waals surface area contributed by atoms with Gasteiger partial charge < -0.3 is 9.47 Å². The zero-order valence-electron chi connectivity index (χ0n) is 26.6. The van der Waals surface area contributed by atoms with Crippen LogP contribution in [-0.4, -0.2) is 48.0 Å². The highest BCUT2D eigenvalue weighted by molar-refractivity contribution is 6.76. The Hall–Kier alpha value is -4.32. The van der Waals surface area contributed by atoms with Gasteiger partial charge in [-0.25, -0.2) is 4.68 Å². The van der Waals surface area contributed by atoms with Crippen LogP contribution in [0.15, 0.2) is 77.6 Å². The molecule has 4 aromatic rings. The smallest absolute Gasteiger partial charge is 0.416 e. The molecule has 47 heavy (non-hydrogen) atoms. The van der Waals surface area contributed by atoms with Gasteiger partial charge >= 0.3 is 12.1 Å². The maximum absolute atomic E-state index is 13.8. The number of ketones is 1. The van der Waals surface area contributed by atoms with Gasteiger partial charge in [0.1, 0.15) is 11.3 Å². The Balaban J connectivity index is 1.34. The van der Waals surface area contributed by atoms with E-state index < -0.39 is 49.1 Å². The molecule has 1 aliphatic rings. The van der Waals surface area contributed by atoms with Gasteiger partial charge in [0.2, 0.25) is 0 Å². The van der Waals surface area contributed by atoms with Crippen LogP contribution in [0.4, 0.5) is 13.2 Å². The van der Waals surface area contributed by atoms with Gasteiger partial charge in [-0.3, -0.25) is 14.4 Å². The number of aromatic nitrogens is 3. The summed E-state index contributed by atoms with van der Waals surface area (Å²) in [6.07, 6.45) is -3.11. The summed E-state index contributed by atoms with van der Waals surface area (Å²) in [5.41, 5.74) is -0.100. The van der Waals surface area contributed by atoms with Gasteiger partial charge in [0.25, 0.3) is 5.56 Å². The van der Waals surface area contributed by atoms with Gasteiger partial charge in [-0.1, -0.05) is 55.2 Å². The van der Waals surface area contributed by atoms with Crippen LogP contribution in [0.25, 0.3) is 10.9 Å². The first kappa shape index (κ1) is 34.0. The van der Waals surface area contributed by atoms with Crippen molar-refractivity contribution in [3.05, 3.63) is 99.8 Å². The molecular weight excluding hydrogens is 627 g/mol. The molecule has 8 nitrogen and oxygen atoms in total. The minimum absolute atomic E-state index is 0.0357. The van der Waals surface area contributed by atoms with Gasteiger partial charge in [0.05, 0.1) is 36.6 Å². The first-order chi connectivity index (χ1) is 22.3. The summed E-state index contributed by atoms with van der Waals surface area (Å²) in [6, 6.07) is 20.2. The fourth-order valence-corrected chi connectivity index (χ4v) is 6.66. The van der Waals surface area contributed by atoms with Crippen molar-refractivity contribution in [1.29, 1.82) is 0 Å². The highest BCUT2D eigenvalue weighted by Crippen LogP contribution is 2.41. The van der Waals surface area contributed by atoms with Crippen molar-refractivity contribution in [2.24, 2.45) is 17.8 Å². The first-order valence-electron chi connectivity index (χ1n) is 15.7. The molecule has 0 N–H and O–H groups in total. The van der Waals surface area contributed by atoms with Crippen molar-refractivity contribution in [1.82, 2.24) is 15.0 Å². The second-order valence-electron chi connectivity index (χ2n) is 13.2. The van der Waals surface area contributed by atoms with E-state index in [1.807, 2.05) is 30.3 Å². The molecule has 5 rings (SSSR count). The number of Topliss-reactive ketones (excluding diaryl/α,β-unsaturated/α-hetero) is 1. The topological polar surface area (TPSA) is 100 Å². The number of halogens is 3. The Kier molecular flexibility index (Phi) is 10.3. The molecule has 1 heterocycles. The second kappa shape index (κ2) is 14.2. The van der Waals surface area contributed by atoms with Crippen LogP contribution in [0.2, 0.25) is 25.7 Å². The Bertz CT molecular complexity index is 1770. The van der Waals surface area contributed by atoms with E-state index in [0.29, 0.717) is 30.8 Å². The van der Waals surface area contributed by atoms with Crippen LogP contribution in [0.3, 0.4) is 0 Å². The first-order valence-corrected chi connectivity index (χ1v) is 19.4. The van der Waals surface area contributed by atoms with Crippen LogP contribution < -0.4 is 10.3 Å². The third kappa shape index (κ3) is 8.53. The quantitative estimate of drug-likeness (QED) is 0.0928. The third-order valence-electron chi connectivity index (χ3n) is 8.59. The van der Waals surface area contributed by atoms with E-state index in [1.54, 1.807) is 24.3 Å². The lowest BCUT2D eigenvalue weighted by Gasteiger charge is -2.24. The molecule has 0 aliphatic heterocycles. The normalized spacial score (nSPS) is 18.3. The standard InChI is InChI=1S/C35H38F3N3O5Si/c1-47(2,3)20-19-46-34(44)31-25(22-41-33(43)29-21-26(35(36,37)38)12-16-30(29)39-40-41)11-15-28(31)32(42)24-9-13-27(14-10-24)45-18-17-23-7-5-4-6-8-23/h4-10,12-14,16,21,25,28,31H,11,15,17-20,22H2,1-3H3/t25-,28-,31-/m0/s1. The van der Waals surface area contributed by atoms with Crippen molar-refractivity contribution in [3.63, 3.8) is 0 Å². The molecule has 248 valence electrons. The zero-order chi connectivity index (χ0) is 33.8. The van der Waals surface area contributed by atoms with Gasteiger partial charge in [-0.15, -0.1) is 5.10 Å². The molecule has 3 aromatic carbocycles. The van der Waals surface area contributed by atoms with Gasteiger partial charge in [-0.2, -0.15) is 13.2 Å². The Morgan fingerprint density at radius 3 is 2.36 bits per heavy atom. The van der Waals surface area contributed by atoms with Crippen LogP contribution >= 0.6 is 0 Å². The summed E-state index contributed by atoms with van der Waals surface area (Å²) in [5.74, 6) is -2.21. The summed E-state index contributed by atoms with van der Waals surface area (Å²) in [5, 5.41) is 7.69. The number of fused-ring (bicyclic) bond motifs is 1. The number of rotatable bonds is 12. The minimum atomic E-state index is -4.63. The Morgan fingerprint density at radius 1 is 0.957 bits per heavy atom. The molecule has 0 amide bonds. The molecule has 0 bridgehead atoms. The molecule has 0 unspecified atom stereocenters. The summed E-state index contributed by atoms with van der Waals surface area (Å²) in [7, 11) is -1.52. The van der Waals surface area contributed by atoms with Crippen LogP contribution in [0.5, 0.6) is 5.75 Å². The third-order valence-corrected chi connectivity index (χ3v) is 10.3. The van der Waals surface area contributed by atoms with E-state index in [0.717, 1.165) is 40.9 Å². The van der Waals surface area contributed by atoms with Crippen molar-refractivity contribution in [2.75, 3.05) is 13.2 Å². The maximum Gasteiger partial charge on any atom is 0.416 e. The maximum atomic E-state index is 13.8. The highest BCUT2D eigenvalue weighted by Gasteiger charge is 2.46. The van der Waals surface area contributed by atoms with Crippen molar-refractivity contribution >= 4 is 30.7 Å². The molecule has 1 aromatic heterocycles. The van der Waals surface area contributed by atoms with Crippen molar-refractivity contribution < 1.29 is 32.2 Å². The number of alkyl halides is 3. The van der Waals surface area contributed by atoms with Gasteiger partial charge in [0, 0.05) is 26.0 Å². The van der Waals surface area contributed by atoms with Crippen molar-refractivity contribution in [2.45, 2.75) is 57.7 Å². The number of ether oxygens (including phenoxy) is 2. The number of hydrogen-bond donors (Lipinski definition) is 0. The molecule has 0 saturated heterocycles. The number of carbonyl (C=O) groups is 2. The Morgan fingerprint density at radius 2 is 1.68 bits per heavy atom. The second-order valence-corrected chi connectivity index (χ2v) is 18.8. The van der Waals surface area contributed by atoms with Crippen molar-refractivity contribution in [3.8, 4) is 5.75 Å². The predicted octanol–water partition coefficient (Wildman–Crippen LogP) is 6.84. The average Bonchev–Trinajstić information content (AvgIpc) is 3.45. The molecule has 1 fully saturated rings. The van der Waals surface area contributed by atoms with Gasteiger partial charge in [-0.05, 0) is 72.8 Å². The van der Waals surface area contributed by atoms with Crippen LogP contribution in [-0.2, 0) is 28.7 Å². The summed E-state index contributed by atoms with van der Waals surface area (Å²) in [4.78, 5) is 40.7. The largest absolute Gasteiger partial charge is 0.493 e. The lowest BCUT2D eigenvalue weighted by atomic mass is 9.84. The lowest BCUT2D eigenvalue weighted by molar-refractivity contribution is -0.150. The molecule has 12 heteroatoms. The number of benzene rings is 3. The molecule has 0 spiro atoms. The van der Waals surface area contributed by atoms with E-state index in [4.69, 9.17) is 9.47 Å². The summed E-state index contributed by atoms with van der Waals surface area (Å²) < 4.78 is 52.6. The number of carbonyl (C=O) groups excluding carboxylic acids is 2. The zero-order valence-corrected chi connectivity index (χ0v) is 27.6. The average molecular weight is 666 g/mol. The minimum Gasteiger partial charge on any atom is -0.493 e. The predicted molar refractivity (Wildman–Crippen MR) is 174 cm³/mol. The molecular formula is C35H38F3N3O5Si. The van der Waals surface area contributed by atoms with Gasteiger partial charge in [0.15, 0.2) is 5.78 Å². The fourth-order valence-electron chi connectivity index (χ4n) is 5.95. The molecule has 1 aliphatic carbocycles. The number of nitrogens with zero attached hydrogens (tertiary/aromatic N) is 3. The SMILES string of the molecule is C[Si](C)(C)CCOC(=O)[C@H]1[C@H](Cn2nnc3ccc(C(F)(F)F)cc3c2=O)CC[C@@H]1C(=O)c1ccc(OCCc2ccccc2)cc1. The summed E-state index contributed by atoms with van der Waals surface area (Å²) in [6.45, 7) is 7.09. The van der Waals surface area contributed by atoms with E-state index in [1.165, 1.54) is 0 Å². The fraction of sp³-hybridized carbons (Fsp3) is 0.400. The molecule has 3 atom stereocenters. The number of esters is 1. The van der Waals surface area contributed by atoms with E-state index in [9.17, 15) is 27.6 Å². The summed E-state index contributed by atoms with van der Waals surface area (Å²) >= 11 is 0. The van der Waals surface area contributed by atoms with E-state index in [2.05, 4.69) is 30.0 Å². The van der Waals surface area contributed by atoms with Crippen LogP contribution in [0, 0.1) is 17.8 Å². The molecule has 0 radical (unpaired) electrons.